The molecule has 0 aromatic carbocycles. The Balaban J connectivity index is 1.60. The highest BCUT2D eigenvalue weighted by molar-refractivity contribution is 5.79. The first-order valence-electron chi connectivity index (χ1n) is 9.41. The van der Waals surface area contributed by atoms with Gasteiger partial charge in [0, 0.05) is 39.3 Å². The fourth-order valence-corrected chi connectivity index (χ4v) is 3.77. The maximum absolute atomic E-state index is 5.78. The molecule has 0 spiro atoms. The smallest absolute Gasteiger partial charge is 0.191 e. The van der Waals surface area contributed by atoms with Crippen LogP contribution in [0.15, 0.2) is 4.99 Å². The van der Waals surface area contributed by atoms with Crippen LogP contribution in [0.3, 0.4) is 0 Å². The molecule has 2 rings (SSSR count). The number of hydrogen-bond acceptors (Lipinski definition) is 3. The molecule has 2 atom stereocenters. The van der Waals surface area contributed by atoms with E-state index in [9.17, 15) is 0 Å². The molecule has 2 aliphatic rings. The molecule has 1 saturated heterocycles. The summed E-state index contributed by atoms with van der Waals surface area (Å²) in [5.74, 6) is 1.86. The van der Waals surface area contributed by atoms with Crippen LogP contribution in [0.25, 0.3) is 0 Å². The largest absolute Gasteiger partial charge is 0.373 e. The lowest BCUT2D eigenvalue weighted by Crippen LogP contribution is -2.47. The van der Waals surface area contributed by atoms with Crippen LogP contribution in [-0.4, -0.2) is 62.3 Å². The van der Waals surface area contributed by atoms with Crippen molar-refractivity contribution in [3.05, 3.63) is 0 Å². The van der Waals surface area contributed by atoms with Crippen LogP contribution in [0.1, 0.15) is 52.9 Å². The van der Waals surface area contributed by atoms with Gasteiger partial charge in [-0.2, -0.15) is 0 Å². The van der Waals surface area contributed by atoms with Crippen molar-refractivity contribution in [1.82, 2.24) is 15.5 Å². The molecule has 1 aliphatic carbocycles. The van der Waals surface area contributed by atoms with Gasteiger partial charge in [0.25, 0.3) is 0 Å². The third-order valence-electron chi connectivity index (χ3n) is 5.02. The molecule has 1 heterocycles. The lowest BCUT2D eigenvalue weighted by atomic mass is 9.87. The minimum Gasteiger partial charge on any atom is -0.373 e. The van der Waals surface area contributed by atoms with Crippen LogP contribution < -0.4 is 10.6 Å². The molecule has 1 aliphatic heterocycles. The molecule has 0 aromatic rings. The van der Waals surface area contributed by atoms with E-state index in [4.69, 9.17) is 4.74 Å². The van der Waals surface area contributed by atoms with Crippen LogP contribution in [0.5, 0.6) is 0 Å². The zero-order valence-corrected chi connectivity index (χ0v) is 15.5. The topological polar surface area (TPSA) is 48.9 Å². The predicted octanol–water partition coefficient (Wildman–Crippen LogP) is 2.23. The van der Waals surface area contributed by atoms with Crippen LogP contribution in [0, 0.1) is 5.92 Å². The van der Waals surface area contributed by atoms with Crippen molar-refractivity contribution in [3.63, 3.8) is 0 Å². The molecule has 2 fully saturated rings. The van der Waals surface area contributed by atoms with Gasteiger partial charge in [0.1, 0.15) is 0 Å². The Hall–Kier alpha value is -0.810. The molecule has 5 heteroatoms. The molecule has 2 N–H and O–H groups in total. The SMILES string of the molecule is CN=C(NCCCN1CC(C)OC(C)C1)NC1CCC(C)CC1. The van der Waals surface area contributed by atoms with Gasteiger partial charge in [-0.15, -0.1) is 0 Å². The van der Waals surface area contributed by atoms with Gasteiger partial charge in [-0.05, 0) is 51.9 Å². The summed E-state index contributed by atoms with van der Waals surface area (Å²) in [5, 5.41) is 7.05. The Morgan fingerprint density at radius 2 is 1.74 bits per heavy atom. The number of ether oxygens (including phenoxy) is 1. The summed E-state index contributed by atoms with van der Waals surface area (Å²) in [7, 11) is 1.87. The van der Waals surface area contributed by atoms with Crippen LogP contribution in [-0.2, 0) is 4.74 Å². The second-order valence-electron chi connectivity index (χ2n) is 7.47. The molecule has 0 bridgehead atoms. The van der Waals surface area contributed by atoms with Crippen molar-refractivity contribution in [3.8, 4) is 0 Å². The summed E-state index contributed by atoms with van der Waals surface area (Å²) in [6, 6.07) is 0.596. The molecule has 23 heavy (non-hydrogen) atoms. The first-order valence-corrected chi connectivity index (χ1v) is 9.41. The lowest BCUT2D eigenvalue weighted by molar-refractivity contribution is -0.0679. The van der Waals surface area contributed by atoms with Crippen molar-refractivity contribution >= 4 is 5.96 Å². The van der Waals surface area contributed by atoms with Crippen molar-refractivity contribution in [2.45, 2.75) is 71.1 Å². The fraction of sp³-hybridized carbons (Fsp3) is 0.944. The molecule has 0 amide bonds. The van der Waals surface area contributed by atoms with Gasteiger partial charge in [0.2, 0.25) is 0 Å². The zero-order chi connectivity index (χ0) is 16.7. The number of nitrogens with one attached hydrogen (secondary N) is 2. The molecular formula is C18H36N4O. The fourth-order valence-electron chi connectivity index (χ4n) is 3.77. The Bertz CT molecular complexity index is 356. The third-order valence-corrected chi connectivity index (χ3v) is 5.02. The average Bonchev–Trinajstić information content (AvgIpc) is 2.51. The predicted molar refractivity (Wildman–Crippen MR) is 97.0 cm³/mol. The van der Waals surface area contributed by atoms with E-state index in [1.54, 1.807) is 0 Å². The lowest BCUT2D eigenvalue weighted by Gasteiger charge is -2.35. The second-order valence-corrected chi connectivity index (χ2v) is 7.47. The van der Waals surface area contributed by atoms with Crippen LogP contribution >= 0.6 is 0 Å². The first-order chi connectivity index (χ1) is 11.1. The number of hydrogen-bond donors (Lipinski definition) is 2. The number of aliphatic imine (C=N–C) groups is 1. The number of rotatable bonds is 5. The Kier molecular flexibility index (Phi) is 7.63. The monoisotopic (exact) mass is 324 g/mol. The van der Waals surface area contributed by atoms with Gasteiger partial charge in [0.05, 0.1) is 12.2 Å². The van der Waals surface area contributed by atoms with Crippen molar-refractivity contribution < 1.29 is 4.74 Å². The molecule has 0 aromatic heterocycles. The highest BCUT2D eigenvalue weighted by Crippen LogP contribution is 2.23. The molecule has 134 valence electrons. The van der Waals surface area contributed by atoms with Gasteiger partial charge >= 0.3 is 0 Å². The van der Waals surface area contributed by atoms with E-state index < -0.39 is 0 Å². The number of morpholine rings is 1. The summed E-state index contributed by atoms with van der Waals surface area (Å²) in [5.41, 5.74) is 0. The molecule has 0 radical (unpaired) electrons. The number of nitrogens with zero attached hydrogens (tertiary/aromatic N) is 2. The van der Waals surface area contributed by atoms with Gasteiger partial charge in [-0.3, -0.25) is 9.89 Å². The highest BCUT2D eigenvalue weighted by Gasteiger charge is 2.21. The molecule has 1 saturated carbocycles. The van der Waals surface area contributed by atoms with E-state index >= 15 is 0 Å². The quantitative estimate of drug-likeness (QED) is 0.462. The van der Waals surface area contributed by atoms with E-state index in [0.29, 0.717) is 18.2 Å². The van der Waals surface area contributed by atoms with Gasteiger partial charge in [0.15, 0.2) is 5.96 Å². The van der Waals surface area contributed by atoms with Crippen molar-refractivity contribution in [2.75, 3.05) is 33.2 Å². The maximum Gasteiger partial charge on any atom is 0.191 e. The molecule has 2 unspecified atom stereocenters. The van der Waals surface area contributed by atoms with Crippen LogP contribution in [0.4, 0.5) is 0 Å². The summed E-state index contributed by atoms with van der Waals surface area (Å²) >= 11 is 0. The van der Waals surface area contributed by atoms with E-state index in [1.165, 1.54) is 25.7 Å². The summed E-state index contributed by atoms with van der Waals surface area (Å²) < 4.78 is 5.78. The standard InChI is InChI=1S/C18H36N4O/c1-14-6-8-17(9-7-14)21-18(19-4)20-10-5-11-22-12-15(2)23-16(3)13-22/h14-17H,5-13H2,1-4H3,(H2,19,20,21). The number of guanidine groups is 1. The van der Waals surface area contributed by atoms with Gasteiger partial charge < -0.3 is 15.4 Å². The maximum atomic E-state index is 5.78. The van der Waals surface area contributed by atoms with E-state index in [2.05, 4.69) is 41.3 Å². The Labute approximate surface area is 142 Å². The minimum atomic E-state index is 0.356. The van der Waals surface area contributed by atoms with Crippen molar-refractivity contribution in [1.29, 1.82) is 0 Å². The zero-order valence-electron chi connectivity index (χ0n) is 15.5. The summed E-state index contributed by atoms with van der Waals surface area (Å²) in [4.78, 5) is 6.88. The summed E-state index contributed by atoms with van der Waals surface area (Å²) in [6.07, 6.45) is 7.06. The van der Waals surface area contributed by atoms with E-state index in [-0.39, 0.29) is 0 Å². The molecular weight excluding hydrogens is 288 g/mol. The highest BCUT2D eigenvalue weighted by atomic mass is 16.5. The first kappa shape index (κ1) is 18.5. The van der Waals surface area contributed by atoms with E-state index in [1.807, 2.05) is 7.05 Å². The minimum absolute atomic E-state index is 0.356. The molecule has 5 nitrogen and oxygen atoms in total. The second kappa shape index (κ2) is 9.48. The summed E-state index contributed by atoms with van der Waals surface area (Å²) in [6.45, 7) is 10.9. The van der Waals surface area contributed by atoms with Crippen LogP contribution in [0.2, 0.25) is 0 Å². The third kappa shape index (κ3) is 6.68. The Morgan fingerprint density at radius 1 is 1.09 bits per heavy atom. The van der Waals surface area contributed by atoms with Gasteiger partial charge in [-0.1, -0.05) is 6.92 Å². The normalized spacial score (nSPS) is 33.5. The van der Waals surface area contributed by atoms with Crippen molar-refractivity contribution in [2.24, 2.45) is 10.9 Å². The Morgan fingerprint density at radius 3 is 2.35 bits per heavy atom. The average molecular weight is 325 g/mol. The van der Waals surface area contributed by atoms with E-state index in [0.717, 1.165) is 44.5 Å². The van der Waals surface area contributed by atoms with Gasteiger partial charge in [-0.25, -0.2) is 0 Å².